The largest absolute Gasteiger partial charge is 0.289 e. The third kappa shape index (κ3) is 6.58. The highest BCUT2D eigenvalue weighted by molar-refractivity contribution is 7.26. The fraction of sp³-hybridized carbons (Fsp3) is 0.0694. The third-order valence-electron chi connectivity index (χ3n) is 16.5. The predicted octanol–water partition coefficient (Wildman–Crippen LogP) is 21.3. The lowest BCUT2D eigenvalue weighted by Gasteiger charge is -2.21. The molecule has 0 saturated carbocycles. The summed E-state index contributed by atoms with van der Waals surface area (Å²) in [5.74, 6) is 0.141. The van der Waals surface area contributed by atoms with E-state index < -0.39 is 0 Å². The van der Waals surface area contributed by atoms with Crippen LogP contribution in [0.5, 0.6) is 0 Å². The number of carbonyl (C=O) groups excluding carboxylic acids is 1. The molecular weight excluding hydrogens is 977 g/mol. The first-order valence-electron chi connectivity index (χ1n) is 25.8. The van der Waals surface area contributed by atoms with Crippen LogP contribution in [0.4, 0.5) is 0 Å². The van der Waals surface area contributed by atoms with Crippen LogP contribution >= 0.6 is 34.0 Å². The van der Waals surface area contributed by atoms with Crippen molar-refractivity contribution in [3.63, 3.8) is 0 Å². The van der Waals surface area contributed by atoms with Crippen LogP contribution in [0, 0.1) is 0 Å². The Hall–Kier alpha value is -8.25. The topological polar surface area (TPSA) is 17.1 Å². The Labute approximate surface area is 452 Å². The van der Waals surface area contributed by atoms with Crippen LogP contribution in [-0.4, -0.2) is 5.78 Å². The van der Waals surface area contributed by atoms with E-state index in [1.807, 2.05) is 52.2 Å². The summed E-state index contributed by atoms with van der Waals surface area (Å²) in [6.45, 7) is 4.70. The number of thiophene rings is 3. The van der Waals surface area contributed by atoms with Crippen molar-refractivity contribution in [3.8, 4) is 33.4 Å². The van der Waals surface area contributed by atoms with Gasteiger partial charge in [0.2, 0.25) is 0 Å². The van der Waals surface area contributed by atoms with Crippen molar-refractivity contribution < 1.29 is 4.79 Å². The molecule has 360 valence electrons. The normalized spacial score (nSPS) is 13.4. The highest BCUT2D eigenvalue weighted by Crippen LogP contribution is 2.52. The van der Waals surface area contributed by atoms with E-state index in [9.17, 15) is 4.79 Å². The van der Waals surface area contributed by atoms with E-state index in [0.29, 0.717) is 0 Å². The van der Waals surface area contributed by atoms with Crippen molar-refractivity contribution in [3.05, 3.63) is 252 Å². The summed E-state index contributed by atoms with van der Waals surface area (Å²) in [6, 6.07) is 79.2. The van der Waals surface area contributed by atoms with Gasteiger partial charge >= 0.3 is 0 Å². The minimum Gasteiger partial charge on any atom is -0.289 e. The van der Waals surface area contributed by atoms with Gasteiger partial charge in [-0.3, -0.25) is 4.79 Å². The van der Waals surface area contributed by atoms with E-state index in [1.54, 1.807) is 0 Å². The van der Waals surface area contributed by atoms with Crippen LogP contribution in [0.1, 0.15) is 59.4 Å². The molecule has 0 radical (unpaired) electrons. The van der Waals surface area contributed by atoms with Gasteiger partial charge in [-0.25, -0.2) is 0 Å². The van der Waals surface area contributed by atoms with E-state index in [2.05, 4.69) is 214 Å². The predicted molar refractivity (Wildman–Crippen MR) is 332 cm³/mol. The van der Waals surface area contributed by atoms with Crippen LogP contribution in [-0.2, 0) is 11.8 Å². The lowest BCUT2D eigenvalue weighted by Crippen LogP contribution is -2.14. The van der Waals surface area contributed by atoms with Crippen molar-refractivity contribution in [2.24, 2.45) is 0 Å². The fourth-order valence-electron chi connectivity index (χ4n) is 13.0. The zero-order valence-electron chi connectivity index (χ0n) is 41.1. The highest BCUT2D eigenvalue weighted by atomic mass is 32.1. The zero-order valence-corrected chi connectivity index (χ0v) is 43.6. The maximum Gasteiger partial charge on any atom is 0.194 e. The van der Waals surface area contributed by atoms with E-state index >= 15 is 0 Å². The molecule has 0 spiro atoms. The van der Waals surface area contributed by atoms with Gasteiger partial charge in [-0.05, 0) is 161 Å². The molecule has 0 saturated heterocycles. The average molecular weight is 1030 g/mol. The van der Waals surface area contributed by atoms with Gasteiger partial charge in [0.15, 0.2) is 5.78 Å². The molecule has 18 rings (SSSR count). The van der Waals surface area contributed by atoms with E-state index in [4.69, 9.17) is 0 Å². The number of ketones is 1. The lowest BCUT2D eigenvalue weighted by molar-refractivity contribution is 0.104. The Bertz CT molecular complexity index is 4980. The second-order valence-corrected chi connectivity index (χ2v) is 24.2. The Kier molecular flexibility index (Phi) is 10.0. The van der Waals surface area contributed by atoms with Gasteiger partial charge in [-0.15, -0.1) is 34.0 Å². The lowest BCUT2D eigenvalue weighted by atomic mass is 9.82. The van der Waals surface area contributed by atoms with Gasteiger partial charge in [-0.1, -0.05) is 173 Å². The maximum absolute atomic E-state index is 12.8. The molecule has 3 aliphatic rings. The fourth-order valence-corrected chi connectivity index (χ4v) is 16.4. The Morgan fingerprint density at radius 1 is 0.316 bits per heavy atom. The maximum atomic E-state index is 12.8. The van der Waals surface area contributed by atoms with Crippen molar-refractivity contribution >= 4 is 133 Å². The van der Waals surface area contributed by atoms with Gasteiger partial charge in [0.05, 0.1) is 0 Å². The molecule has 0 aliphatic heterocycles. The summed E-state index contributed by atoms with van der Waals surface area (Å²) < 4.78 is 8.12. The number of carbonyl (C=O) groups is 1. The van der Waals surface area contributed by atoms with Crippen molar-refractivity contribution in [2.45, 2.75) is 33.1 Å². The molecule has 0 bridgehead atoms. The standard InChI is InChI=1S/C25H18S.C23H12OS.C23H14S.CH4/c1-25(2)20-9-5-3-7-16(20)19-14-18-15(13-21(19)25)11-12-23-24(18)17-8-4-6-10-22(17)26-23;24-23-15-6-2-1-5-14(15)18-12-17-13(11-19(18)23)9-10-21-22(17)16-7-3-4-8-20(16)25-21;1-2-6-17-14(5-1)11-16-12-15-9-10-22-23(20(15)13-19(16)17)18-7-3-4-8-21(18)24-22;/h3-14H,1-2H3;1-12H;1-10,12-13H,11H2;1H4. The van der Waals surface area contributed by atoms with Crippen molar-refractivity contribution in [1.82, 2.24) is 0 Å². The first kappa shape index (κ1) is 45.2. The molecule has 3 heterocycles. The first-order valence-corrected chi connectivity index (χ1v) is 28.2. The van der Waals surface area contributed by atoms with Crippen LogP contribution < -0.4 is 0 Å². The Morgan fingerprint density at radius 3 is 1.36 bits per heavy atom. The molecule has 0 N–H and O–H groups in total. The highest BCUT2D eigenvalue weighted by Gasteiger charge is 2.35. The summed E-state index contributed by atoms with van der Waals surface area (Å²) in [5.41, 5.74) is 15.3. The molecule has 0 atom stereocenters. The summed E-state index contributed by atoms with van der Waals surface area (Å²) >= 11 is 5.62. The molecular formula is C72H48OS3. The van der Waals surface area contributed by atoms with Crippen LogP contribution in [0.3, 0.4) is 0 Å². The zero-order chi connectivity index (χ0) is 49.7. The van der Waals surface area contributed by atoms with E-state index in [-0.39, 0.29) is 18.6 Å². The molecule has 3 aromatic heterocycles. The van der Waals surface area contributed by atoms with E-state index in [1.165, 1.54) is 132 Å². The second-order valence-electron chi connectivity index (χ2n) is 21.0. The molecule has 0 unspecified atom stereocenters. The summed E-state index contributed by atoms with van der Waals surface area (Å²) in [7, 11) is 0. The second kappa shape index (κ2) is 16.9. The Balaban J connectivity index is 0.0000000993. The summed E-state index contributed by atoms with van der Waals surface area (Å²) in [4.78, 5) is 12.8. The molecule has 0 amide bonds. The van der Waals surface area contributed by atoms with Crippen LogP contribution in [0.2, 0.25) is 0 Å². The van der Waals surface area contributed by atoms with Crippen LogP contribution in [0.15, 0.2) is 218 Å². The SMILES string of the molecule is C.CC1(C)c2ccccc2-c2cc3c(ccc4sc5ccccc5c43)cc21.O=C1c2ccccc2-c2cc3c(ccc4sc5ccccc5c43)cc21.c1ccc2c(c1)Cc1cc3ccc4sc5ccccc5c4c3cc1-2. The summed E-state index contributed by atoms with van der Waals surface area (Å²) in [5, 5.41) is 16.0. The Morgan fingerprint density at radius 2 is 0.763 bits per heavy atom. The monoisotopic (exact) mass is 1020 g/mol. The smallest absolute Gasteiger partial charge is 0.194 e. The number of benzene rings is 12. The minimum atomic E-state index is 0. The number of hydrogen-bond donors (Lipinski definition) is 0. The average Bonchev–Trinajstić information content (AvgIpc) is 4.31. The summed E-state index contributed by atoms with van der Waals surface area (Å²) in [6.07, 6.45) is 1.06. The number of hydrogen-bond acceptors (Lipinski definition) is 4. The van der Waals surface area contributed by atoms with Gasteiger partial charge in [0.1, 0.15) is 0 Å². The van der Waals surface area contributed by atoms with Gasteiger partial charge in [0, 0.05) is 77.1 Å². The molecule has 15 aromatic rings. The number of rotatable bonds is 0. The molecule has 1 nitrogen and oxygen atoms in total. The van der Waals surface area contributed by atoms with Gasteiger partial charge < -0.3 is 0 Å². The quantitative estimate of drug-likeness (QED) is 0.148. The minimum absolute atomic E-state index is 0. The molecule has 76 heavy (non-hydrogen) atoms. The van der Waals surface area contributed by atoms with Gasteiger partial charge in [0.25, 0.3) is 0 Å². The van der Waals surface area contributed by atoms with Gasteiger partial charge in [-0.2, -0.15) is 0 Å². The van der Waals surface area contributed by atoms with Crippen molar-refractivity contribution in [2.75, 3.05) is 0 Å². The van der Waals surface area contributed by atoms with Crippen molar-refractivity contribution in [1.29, 1.82) is 0 Å². The molecule has 12 aromatic carbocycles. The van der Waals surface area contributed by atoms with Crippen LogP contribution in [0.25, 0.3) is 126 Å². The first-order chi connectivity index (χ1) is 36.8. The molecule has 0 fully saturated rings. The van der Waals surface area contributed by atoms with E-state index in [0.717, 1.165) is 34.1 Å². The molecule has 3 aliphatic carbocycles. The molecule has 4 heteroatoms. The third-order valence-corrected chi connectivity index (χ3v) is 19.9. The number of fused-ring (bicyclic) bond motifs is 24.